The molecule has 3 amide bonds. The molecule has 0 aromatic carbocycles. The van der Waals surface area contributed by atoms with Crippen molar-refractivity contribution in [3.8, 4) is 0 Å². The summed E-state index contributed by atoms with van der Waals surface area (Å²) < 4.78 is 0. The van der Waals surface area contributed by atoms with Crippen LogP contribution >= 0.6 is 0 Å². The van der Waals surface area contributed by atoms with Gasteiger partial charge in [0, 0.05) is 13.1 Å². The fraction of sp³-hybridized carbons (Fsp3) is 0.727. The molecule has 0 radical (unpaired) electrons. The highest BCUT2D eigenvalue weighted by molar-refractivity contribution is 5.86. The van der Waals surface area contributed by atoms with Crippen LogP contribution in [0.1, 0.15) is 27.2 Å². The third-order valence-corrected chi connectivity index (χ3v) is 2.18. The molecule has 0 aromatic rings. The van der Waals surface area contributed by atoms with E-state index >= 15 is 0 Å². The standard InChI is InChI=1S/C11H21N3O4/c1-5-8(10(16)17)13-11(18)14(4)6-9(15)12-7(2)3/h7-8H,5-6H2,1-4H3,(H,12,15)(H,13,18)(H,16,17)/t8-/m0/s1. The molecule has 0 aliphatic carbocycles. The van der Waals surface area contributed by atoms with Crippen molar-refractivity contribution in [2.24, 2.45) is 0 Å². The topological polar surface area (TPSA) is 98.7 Å². The van der Waals surface area contributed by atoms with Crippen LogP contribution in [0.15, 0.2) is 0 Å². The molecule has 3 N–H and O–H groups in total. The van der Waals surface area contributed by atoms with E-state index in [1.165, 1.54) is 7.05 Å². The average Bonchev–Trinajstić information content (AvgIpc) is 2.23. The van der Waals surface area contributed by atoms with E-state index in [9.17, 15) is 14.4 Å². The van der Waals surface area contributed by atoms with Crippen molar-refractivity contribution in [1.82, 2.24) is 15.5 Å². The van der Waals surface area contributed by atoms with Gasteiger partial charge >= 0.3 is 12.0 Å². The summed E-state index contributed by atoms with van der Waals surface area (Å²) in [4.78, 5) is 34.9. The number of rotatable bonds is 6. The van der Waals surface area contributed by atoms with Gasteiger partial charge in [-0.1, -0.05) is 6.92 Å². The quantitative estimate of drug-likeness (QED) is 0.626. The number of likely N-dealkylation sites (N-methyl/N-ethyl adjacent to an activating group) is 1. The van der Waals surface area contributed by atoms with Crippen LogP contribution in [0.2, 0.25) is 0 Å². The van der Waals surface area contributed by atoms with E-state index in [-0.39, 0.29) is 24.9 Å². The van der Waals surface area contributed by atoms with Crippen LogP contribution in [0, 0.1) is 0 Å². The van der Waals surface area contributed by atoms with Crippen LogP contribution in [-0.2, 0) is 9.59 Å². The smallest absolute Gasteiger partial charge is 0.326 e. The highest BCUT2D eigenvalue weighted by Gasteiger charge is 2.20. The van der Waals surface area contributed by atoms with Gasteiger partial charge in [0.2, 0.25) is 5.91 Å². The van der Waals surface area contributed by atoms with E-state index in [4.69, 9.17) is 5.11 Å². The normalized spacial score (nSPS) is 11.8. The van der Waals surface area contributed by atoms with Crippen molar-refractivity contribution in [2.45, 2.75) is 39.3 Å². The van der Waals surface area contributed by atoms with Crippen molar-refractivity contribution in [1.29, 1.82) is 0 Å². The Labute approximate surface area is 107 Å². The average molecular weight is 259 g/mol. The number of carboxylic acid groups (broad SMARTS) is 1. The SMILES string of the molecule is CC[C@H](NC(=O)N(C)CC(=O)NC(C)C)C(=O)O. The predicted octanol–water partition coefficient (Wildman–Crippen LogP) is 0.0156. The molecule has 104 valence electrons. The van der Waals surface area contributed by atoms with Gasteiger partial charge in [-0.15, -0.1) is 0 Å². The van der Waals surface area contributed by atoms with Crippen molar-refractivity contribution in [3.63, 3.8) is 0 Å². The van der Waals surface area contributed by atoms with Gasteiger partial charge in [0.15, 0.2) is 0 Å². The number of nitrogens with zero attached hydrogens (tertiary/aromatic N) is 1. The number of carbonyl (C=O) groups is 3. The minimum absolute atomic E-state index is 0.00336. The first-order chi connectivity index (χ1) is 8.27. The Kier molecular flexibility index (Phi) is 6.77. The van der Waals surface area contributed by atoms with E-state index in [2.05, 4.69) is 10.6 Å². The van der Waals surface area contributed by atoms with Crippen LogP contribution in [-0.4, -0.2) is 53.6 Å². The second kappa shape index (κ2) is 7.52. The minimum atomic E-state index is -1.09. The predicted molar refractivity (Wildman–Crippen MR) is 66.2 cm³/mol. The molecule has 0 rings (SSSR count). The van der Waals surface area contributed by atoms with Crippen LogP contribution < -0.4 is 10.6 Å². The summed E-state index contributed by atoms with van der Waals surface area (Å²) in [7, 11) is 1.43. The molecule has 1 atom stereocenters. The first-order valence-electron chi connectivity index (χ1n) is 5.81. The molecule has 7 nitrogen and oxygen atoms in total. The number of amides is 3. The summed E-state index contributed by atoms with van der Waals surface area (Å²) in [6, 6.07) is -1.52. The number of aliphatic carboxylic acids is 1. The molecular weight excluding hydrogens is 238 g/mol. The number of hydrogen-bond donors (Lipinski definition) is 3. The lowest BCUT2D eigenvalue weighted by Crippen LogP contribution is -2.49. The van der Waals surface area contributed by atoms with Gasteiger partial charge in [-0.25, -0.2) is 9.59 Å². The third kappa shape index (κ3) is 6.07. The van der Waals surface area contributed by atoms with Gasteiger partial charge < -0.3 is 20.6 Å². The molecule has 0 fully saturated rings. The van der Waals surface area contributed by atoms with Gasteiger partial charge in [-0.2, -0.15) is 0 Å². The van der Waals surface area contributed by atoms with E-state index in [1.54, 1.807) is 6.92 Å². The molecule has 0 aliphatic heterocycles. The second-order valence-electron chi connectivity index (χ2n) is 4.33. The maximum Gasteiger partial charge on any atom is 0.326 e. The van der Waals surface area contributed by atoms with Gasteiger partial charge in [0.05, 0.1) is 0 Å². The third-order valence-electron chi connectivity index (χ3n) is 2.18. The Balaban J connectivity index is 4.26. The summed E-state index contributed by atoms with van der Waals surface area (Å²) >= 11 is 0. The summed E-state index contributed by atoms with van der Waals surface area (Å²) in [6.07, 6.45) is 0.285. The Morgan fingerprint density at radius 1 is 1.22 bits per heavy atom. The molecular formula is C11H21N3O4. The van der Waals surface area contributed by atoms with Gasteiger partial charge in [-0.3, -0.25) is 4.79 Å². The maximum absolute atomic E-state index is 11.6. The number of urea groups is 1. The molecule has 0 aliphatic rings. The highest BCUT2D eigenvalue weighted by atomic mass is 16.4. The lowest BCUT2D eigenvalue weighted by atomic mass is 10.2. The zero-order chi connectivity index (χ0) is 14.3. The zero-order valence-corrected chi connectivity index (χ0v) is 11.2. The second-order valence-corrected chi connectivity index (χ2v) is 4.33. The van der Waals surface area contributed by atoms with Gasteiger partial charge in [0.1, 0.15) is 12.6 Å². The van der Waals surface area contributed by atoms with Crippen molar-refractivity contribution >= 4 is 17.9 Å². The maximum atomic E-state index is 11.6. The van der Waals surface area contributed by atoms with Crippen LogP contribution in [0.3, 0.4) is 0 Å². The van der Waals surface area contributed by atoms with Gasteiger partial charge in [-0.05, 0) is 20.3 Å². The molecule has 18 heavy (non-hydrogen) atoms. The van der Waals surface area contributed by atoms with E-state index in [0.717, 1.165) is 4.90 Å². The zero-order valence-electron chi connectivity index (χ0n) is 11.2. The molecule has 0 unspecified atom stereocenters. The largest absolute Gasteiger partial charge is 0.480 e. The summed E-state index contributed by atoms with van der Waals surface area (Å²) in [5.74, 6) is -1.38. The Morgan fingerprint density at radius 2 is 1.78 bits per heavy atom. The van der Waals surface area contributed by atoms with E-state index in [1.807, 2.05) is 13.8 Å². The Hall–Kier alpha value is -1.79. The van der Waals surface area contributed by atoms with E-state index < -0.39 is 18.0 Å². The van der Waals surface area contributed by atoms with Crippen LogP contribution in [0.5, 0.6) is 0 Å². The first kappa shape index (κ1) is 16.2. The monoisotopic (exact) mass is 259 g/mol. The highest BCUT2D eigenvalue weighted by Crippen LogP contribution is 1.94. The minimum Gasteiger partial charge on any atom is -0.480 e. The number of hydrogen-bond acceptors (Lipinski definition) is 3. The van der Waals surface area contributed by atoms with Crippen molar-refractivity contribution in [2.75, 3.05) is 13.6 Å². The first-order valence-corrected chi connectivity index (χ1v) is 5.81. The summed E-state index contributed by atoms with van der Waals surface area (Å²) in [5, 5.41) is 13.8. The van der Waals surface area contributed by atoms with Crippen LogP contribution in [0.4, 0.5) is 4.79 Å². The van der Waals surface area contributed by atoms with E-state index in [0.29, 0.717) is 0 Å². The Bertz CT molecular complexity index is 317. The lowest BCUT2D eigenvalue weighted by molar-refractivity contribution is -0.139. The summed E-state index contributed by atoms with van der Waals surface area (Å²) in [5.41, 5.74) is 0. The summed E-state index contributed by atoms with van der Waals surface area (Å²) in [6.45, 7) is 5.18. The molecule has 7 heteroatoms. The molecule has 0 heterocycles. The molecule has 0 saturated heterocycles. The number of nitrogens with one attached hydrogen (secondary N) is 2. The Morgan fingerprint density at radius 3 is 2.17 bits per heavy atom. The molecule has 0 bridgehead atoms. The number of carbonyl (C=O) groups excluding carboxylic acids is 2. The lowest BCUT2D eigenvalue weighted by Gasteiger charge is -2.20. The molecule has 0 spiro atoms. The fourth-order valence-corrected chi connectivity index (χ4v) is 1.25. The van der Waals surface area contributed by atoms with Crippen LogP contribution in [0.25, 0.3) is 0 Å². The van der Waals surface area contributed by atoms with Gasteiger partial charge in [0.25, 0.3) is 0 Å². The van der Waals surface area contributed by atoms with Crippen molar-refractivity contribution in [3.05, 3.63) is 0 Å². The van der Waals surface area contributed by atoms with Crippen molar-refractivity contribution < 1.29 is 19.5 Å². The molecule has 0 aromatic heterocycles. The fourth-order valence-electron chi connectivity index (χ4n) is 1.25. The number of carboxylic acids is 1. The molecule has 0 saturated carbocycles.